The van der Waals surface area contributed by atoms with Crippen molar-refractivity contribution in [2.75, 3.05) is 0 Å². The molecule has 2 aromatic rings. The van der Waals surface area contributed by atoms with Gasteiger partial charge in [0, 0.05) is 11.8 Å². The molecule has 0 spiro atoms. The molecule has 0 radical (unpaired) electrons. The smallest absolute Gasteiger partial charge is 0.0705 e. The molecular formula is C13H13NO. The molecule has 0 amide bonds. The maximum atomic E-state index is 9.04. The van der Waals surface area contributed by atoms with E-state index in [0.29, 0.717) is 0 Å². The van der Waals surface area contributed by atoms with E-state index in [1.807, 2.05) is 24.3 Å². The number of aliphatic hydroxyl groups excluding tert-OH is 1. The van der Waals surface area contributed by atoms with Crippen LogP contribution in [-0.2, 0) is 6.61 Å². The van der Waals surface area contributed by atoms with Gasteiger partial charge in [-0.25, -0.2) is 0 Å². The van der Waals surface area contributed by atoms with E-state index < -0.39 is 0 Å². The van der Waals surface area contributed by atoms with Gasteiger partial charge in [0.05, 0.1) is 12.3 Å². The number of pyridine rings is 1. The van der Waals surface area contributed by atoms with Gasteiger partial charge in [-0.3, -0.25) is 4.98 Å². The first kappa shape index (κ1) is 9.87. The van der Waals surface area contributed by atoms with Crippen molar-refractivity contribution in [2.45, 2.75) is 13.5 Å². The number of nitrogens with zero attached hydrogens (tertiary/aromatic N) is 1. The molecule has 76 valence electrons. The summed E-state index contributed by atoms with van der Waals surface area (Å²) in [5, 5.41) is 9.04. The highest BCUT2D eigenvalue weighted by molar-refractivity contribution is 5.60. The molecule has 0 atom stereocenters. The van der Waals surface area contributed by atoms with Gasteiger partial charge in [0.15, 0.2) is 0 Å². The van der Waals surface area contributed by atoms with Gasteiger partial charge >= 0.3 is 0 Å². The van der Waals surface area contributed by atoms with Crippen molar-refractivity contribution in [3.05, 3.63) is 53.7 Å². The Bertz CT molecular complexity index is 466. The molecule has 1 heterocycles. The highest BCUT2D eigenvalue weighted by atomic mass is 16.3. The van der Waals surface area contributed by atoms with Crippen LogP contribution in [0.25, 0.3) is 11.3 Å². The predicted octanol–water partition coefficient (Wildman–Crippen LogP) is 2.55. The second-order valence-corrected chi connectivity index (χ2v) is 3.58. The van der Waals surface area contributed by atoms with Crippen LogP contribution in [0.1, 0.15) is 11.1 Å². The maximum absolute atomic E-state index is 9.04. The van der Waals surface area contributed by atoms with Gasteiger partial charge in [-0.05, 0) is 30.7 Å². The summed E-state index contributed by atoms with van der Waals surface area (Å²) in [6.45, 7) is 2.11. The van der Waals surface area contributed by atoms with Crippen LogP contribution in [0.2, 0.25) is 0 Å². The van der Waals surface area contributed by atoms with Crippen molar-refractivity contribution in [1.29, 1.82) is 0 Å². The Kier molecular flexibility index (Phi) is 2.79. The number of aliphatic hydroxyl groups is 1. The largest absolute Gasteiger partial charge is 0.392 e. The van der Waals surface area contributed by atoms with Gasteiger partial charge in [0.1, 0.15) is 0 Å². The lowest BCUT2D eigenvalue weighted by Crippen LogP contribution is -1.88. The van der Waals surface area contributed by atoms with E-state index in [2.05, 4.69) is 24.0 Å². The van der Waals surface area contributed by atoms with E-state index in [4.69, 9.17) is 5.11 Å². The molecule has 1 N–H and O–H groups in total. The van der Waals surface area contributed by atoms with E-state index in [-0.39, 0.29) is 6.61 Å². The lowest BCUT2D eigenvalue weighted by molar-refractivity contribution is 0.282. The molecule has 0 aliphatic rings. The zero-order valence-corrected chi connectivity index (χ0v) is 8.64. The third kappa shape index (κ3) is 2.22. The van der Waals surface area contributed by atoms with E-state index in [9.17, 15) is 0 Å². The van der Waals surface area contributed by atoms with Crippen LogP contribution in [-0.4, -0.2) is 10.1 Å². The standard InChI is InChI=1S/C13H13NO/c1-10-3-2-4-12(7-10)13-8-11(9-15)5-6-14-13/h2-8,15H,9H2,1H3. The summed E-state index contributed by atoms with van der Waals surface area (Å²) in [5.74, 6) is 0. The lowest BCUT2D eigenvalue weighted by atomic mass is 10.1. The summed E-state index contributed by atoms with van der Waals surface area (Å²) in [6, 6.07) is 11.9. The minimum absolute atomic E-state index is 0.0569. The van der Waals surface area contributed by atoms with Crippen LogP contribution in [0.15, 0.2) is 42.6 Å². The van der Waals surface area contributed by atoms with Crippen LogP contribution in [0.4, 0.5) is 0 Å². The van der Waals surface area contributed by atoms with Crippen LogP contribution in [0, 0.1) is 6.92 Å². The first-order valence-corrected chi connectivity index (χ1v) is 4.92. The third-order valence-corrected chi connectivity index (χ3v) is 2.32. The molecule has 0 bridgehead atoms. The molecular weight excluding hydrogens is 186 g/mol. The SMILES string of the molecule is Cc1cccc(-c2cc(CO)ccn2)c1. The van der Waals surface area contributed by atoms with Gasteiger partial charge in [0.25, 0.3) is 0 Å². The van der Waals surface area contributed by atoms with Crippen LogP contribution in [0.5, 0.6) is 0 Å². The molecule has 0 aliphatic carbocycles. The molecule has 1 aromatic carbocycles. The molecule has 0 saturated heterocycles. The van der Waals surface area contributed by atoms with E-state index in [0.717, 1.165) is 16.8 Å². The second-order valence-electron chi connectivity index (χ2n) is 3.58. The molecule has 2 rings (SSSR count). The van der Waals surface area contributed by atoms with Crippen molar-refractivity contribution in [2.24, 2.45) is 0 Å². The Morgan fingerprint density at radius 2 is 2.07 bits per heavy atom. The lowest BCUT2D eigenvalue weighted by Gasteiger charge is -2.03. The molecule has 0 unspecified atom stereocenters. The average molecular weight is 199 g/mol. The van der Waals surface area contributed by atoms with Crippen molar-refractivity contribution in [3.63, 3.8) is 0 Å². The highest BCUT2D eigenvalue weighted by Crippen LogP contribution is 2.18. The van der Waals surface area contributed by atoms with Gasteiger partial charge in [0.2, 0.25) is 0 Å². The van der Waals surface area contributed by atoms with Crippen molar-refractivity contribution in [1.82, 2.24) is 4.98 Å². The molecule has 1 aromatic heterocycles. The van der Waals surface area contributed by atoms with Crippen LogP contribution >= 0.6 is 0 Å². The summed E-state index contributed by atoms with van der Waals surface area (Å²) in [6.07, 6.45) is 1.73. The number of hydrogen-bond acceptors (Lipinski definition) is 2. The third-order valence-electron chi connectivity index (χ3n) is 2.32. The Balaban J connectivity index is 2.44. The van der Waals surface area contributed by atoms with E-state index in [1.165, 1.54) is 5.56 Å². The molecule has 2 nitrogen and oxygen atoms in total. The zero-order chi connectivity index (χ0) is 10.7. The normalized spacial score (nSPS) is 10.3. The highest BCUT2D eigenvalue weighted by Gasteiger charge is 2.00. The monoisotopic (exact) mass is 199 g/mol. The molecule has 0 aliphatic heterocycles. The molecule has 15 heavy (non-hydrogen) atoms. The van der Waals surface area contributed by atoms with Gasteiger partial charge in [-0.15, -0.1) is 0 Å². The number of benzene rings is 1. The topological polar surface area (TPSA) is 33.1 Å². The number of hydrogen-bond donors (Lipinski definition) is 1. The Hall–Kier alpha value is -1.67. The minimum atomic E-state index is 0.0569. The quantitative estimate of drug-likeness (QED) is 0.806. The van der Waals surface area contributed by atoms with Crippen molar-refractivity contribution >= 4 is 0 Å². The summed E-state index contributed by atoms with van der Waals surface area (Å²) in [7, 11) is 0. The van der Waals surface area contributed by atoms with Gasteiger partial charge in [-0.1, -0.05) is 23.8 Å². The first-order chi connectivity index (χ1) is 7.29. The van der Waals surface area contributed by atoms with Crippen LogP contribution < -0.4 is 0 Å². The Morgan fingerprint density at radius 1 is 1.20 bits per heavy atom. The summed E-state index contributed by atoms with van der Waals surface area (Å²) < 4.78 is 0. The average Bonchev–Trinajstić information content (AvgIpc) is 2.29. The second kappa shape index (κ2) is 4.24. The number of rotatable bonds is 2. The van der Waals surface area contributed by atoms with Gasteiger partial charge < -0.3 is 5.11 Å². The molecule has 0 fully saturated rings. The van der Waals surface area contributed by atoms with Crippen LogP contribution in [0.3, 0.4) is 0 Å². The van der Waals surface area contributed by atoms with Crippen molar-refractivity contribution in [3.8, 4) is 11.3 Å². The molecule has 0 saturated carbocycles. The fourth-order valence-corrected chi connectivity index (χ4v) is 1.53. The van der Waals surface area contributed by atoms with E-state index in [1.54, 1.807) is 6.20 Å². The zero-order valence-electron chi connectivity index (χ0n) is 8.64. The van der Waals surface area contributed by atoms with Crippen molar-refractivity contribution < 1.29 is 5.11 Å². The van der Waals surface area contributed by atoms with Gasteiger partial charge in [-0.2, -0.15) is 0 Å². The minimum Gasteiger partial charge on any atom is -0.392 e. The van der Waals surface area contributed by atoms with E-state index >= 15 is 0 Å². The number of aryl methyl sites for hydroxylation is 1. The molecule has 2 heteroatoms. The fraction of sp³-hybridized carbons (Fsp3) is 0.154. The Morgan fingerprint density at radius 3 is 2.80 bits per heavy atom. The summed E-state index contributed by atoms with van der Waals surface area (Å²) in [5.41, 5.74) is 4.10. The fourth-order valence-electron chi connectivity index (χ4n) is 1.53. The number of aromatic nitrogens is 1. The summed E-state index contributed by atoms with van der Waals surface area (Å²) >= 11 is 0. The Labute approximate surface area is 89.2 Å². The maximum Gasteiger partial charge on any atom is 0.0705 e. The first-order valence-electron chi connectivity index (χ1n) is 4.92. The predicted molar refractivity (Wildman–Crippen MR) is 60.3 cm³/mol. The summed E-state index contributed by atoms with van der Waals surface area (Å²) in [4.78, 5) is 4.29.